The molecule has 5 aliphatic rings. The first-order valence-corrected chi connectivity index (χ1v) is 12.5. The number of allylic oxidation sites excluding steroid dienone is 3. The van der Waals surface area contributed by atoms with E-state index in [1.807, 2.05) is 20.1 Å². The van der Waals surface area contributed by atoms with Crippen LogP contribution in [0.4, 0.5) is 0 Å². The molecule has 5 heteroatoms. The van der Waals surface area contributed by atoms with Crippen LogP contribution in [0, 0.1) is 39.4 Å². The van der Waals surface area contributed by atoms with Crippen molar-refractivity contribution in [2.24, 2.45) is 39.4 Å². The molecule has 0 aromatic rings. The van der Waals surface area contributed by atoms with E-state index in [1.165, 1.54) is 18.1 Å². The van der Waals surface area contributed by atoms with E-state index in [0.29, 0.717) is 5.92 Å². The van der Waals surface area contributed by atoms with Crippen molar-refractivity contribution in [3.05, 3.63) is 35.6 Å². The molecule has 1 N–H and O–H groups in total. The zero-order chi connectivity index (χ0) is 24.0. The summed E-state index contributed by atoms with van der Waals surface area (Å²) >= 11 is 0. The van der Waals surface area contributed by atoms with Gasteiger partial charge < -0.3 is 14.6 Å². The standard InChI is InChI=1S/C28H38O5/c1-16(29)33-24-22(31)23-25(2,3)21(30)10-13-27(23,5)20-9-12-26(4)18(17-11-14-32-15-17)7-8-19(26)28(20,24)6/h8,10,13,15,18,20,22-24,31H,7,9,11-12,14H2,1-6H3. The quantitative estimate of drug-likeness (QED) is 0.481. The molecular weight excluding hydrogens is 416 g/mol. The molecule has 5 rings (SSSR count). The average molecular weight is 455 g/mol. The highest BCUT2D eigenvalue weighted by atomic mass is 16.6. The van der Waals surface area contributed by atoms with Crippen LogP contribution in [-0.2, 0) is 19.1 Å². The highest BCUT2D eigenvalue weighted by molar-refractivity contribution is 5.96. The van der Waals surface area contributed by atoms with Crippen molar-refractivity contribution in [3.63, 3.8) is 0 Å². The van der Waals surface area contributed by atoms with Crippen molar-refractivity contribution < 1.29 is 24.2 Å². The zero-order valence-electron chi connectivity index (χ0n) is 20.8. The van der Waals surface area contributed by atoms with Crippen molar-refractivity contribution >= 4 is 11.8 Å². The molecule has 8 unspecified atom stereocenters. The Morgan fingerprint density at radius 2 is 1.94 bits per heavy atom. The molecule has 8 atom stereocenters. The molecule has 1 aliphatic heterocycles. The average Bonchev–Trinajstić information content (AvgIpc) is 3.36. The molecule has 5 nitrogen and oxygen atoms in total. The van der Waals surface area contributed by atoms with E-state index in [0.717, 1.165) is 32.3 Å². The van der Waals surface area contributed by atoms with Crippen molar-refractivity contribution in [1.29, 1.82) is 0 Å². The number of aliphatic hydroxyl groups is 1. The maximum absolute atomic E-state index is 12.9. The Morgan fingerprint density at radius 1 is 1.21 bits per heavy atom. The van der Waals surface area contributed by atoms with Gasteiger partial charge in [0.05, 0.1) is 19.0 Å². The summed E-state index contributed by atoms with van der Waals surface area (Å²) in [6.45, 7) is 12.8. The number of hydrogen-bond donors (Lipinski definition) is 1. The Kier molecular flexibility index (Phi) is 4.90. The molecule has 33 heavy (non-hydrogen) atoms. The van der Waals surface area contributed by atoms with Gasteiger partial charge in [-0.05, 0) is 53.6 Å². The lowest BCUT2D eigenvalue weighted by Gasteiger charge is -2.67. The highest BCUT2D eigenvalue weighted by Crippen LogP contribution is 2.72. The van der Waals surface area contributed by atoms with Crippen LogP contribution in [-0.4, -0.2) is 35.7 Å². The minimum atomic E-state index is -0.930. The molecule has 1 heterocycles. The fourth-order valence-electron chi connectivity index (χ4n) is 9.05. The molecule has 0 aromatic carbocycles. The molecule has 0 amide bonds. The third kappa shape index (κ3) is 2.81. The van der Waals surface area contributed by atoms with Crippen LogP contribution in [0.15, 0.2) is 35.6 Å². The minimum absolute atomic E-state index is 0.0307. The topological polar surface area (TPSA) is 72.8 Å². The van der Waals surface area contributed by atoms with E-state index in [-0.39, 0.29) is 34.4 Å². The van der Waals surface area contributed by atoms with Crippen LogP contribution in [0.3, 0.4) is 0 Å². The van der Waals surface area contributed by atoms with E-state index in [4.69, 9.17) is 9.47 Å². The second-order valence-corrected chi connectivity index (χ2v) is 12.3. The smallest absolute Gasteiger partial charge is 0.303 e. The molecular formula is C28H38O5. The number of fused-ring (bicyclic) bond motifs is 5. The number of esters is 1. The van der Waals surface area contributed by atoms with Gasteiger partial charge in [0.2, 0.25) is 0 Å². The predicted molar refractivity (Wildman–Crippen MR) is 125 cm³/mol. The number of ether oxygens (including phenoxy) is 2. The van der Waals surface area contributed by atoms with Gasteiger partial charge in [-0.15, -0.1) is 0 Å². The number of rotatable bonds is 2. The van der Waals surface area contributed by atoms with Crippen molar-refractivity contribution in [1.82, 2.24) is 0 Å². The van der Waals surface area contributed by atoms with Crippen molar-refractivity contribution in [2.45, 2.75) is 79.4 Å². The summed E-state index contributed by atoms with van der Waals surface area (Å²) in [7, 11) is 0. The molecule has 0 saturated heterocycles. The molecule has 0 spiro atoms. The monoisotopic (exact) mass is 454 g/mol. The van der Waals surface area contributed by atoms with Gasteiger partial charge in [0, 0.05) is 30.1 Å². The van der Waals surface area contributed by atoms with Crippen LogP contribution in [0.2, 0.25) is 0 Å². The van der Waals surface area contributed by atoms with Gasteiger partial charge >= 0.3 is 5.97 Å². The van der Waals surface area contributed by atoms with Gasteiger partial charge in [0.25, 0.3) is 0 Å². The van der Waals surface area contributed by atoms with Crippen LogP contribution < -0.4 is 0 Å². The van der Waals surface area contributed by atoms with E-state index >= 15 is 0 Å². The summed E-state index contributed by atoms with van der Waals surface area (Å²) in [5.41, 5.74) is 1.01. The number of carbonyl (C=O) groups excluding carboxylic acids is 2. The molecule has 2 fully saturated rings. The number of carbonyl (C=O) groups is 2. The largest absolute Gasteiger partial charge is 0.501 e. The van der Waals surface area contributed by atoms with E-state index in [2.05, 4.69) is 32.9 Å². The Labute approximate surface area is 197 Å². The minimum Gasteiger partial charge on any atom is -0.501 e. The van der Waals surface area contributed by atoms with E-state index < -0.39 is 23.0 Å². The van der Waals surface area contributed by atoms with Gasteiger partial charge in [-0.1, -0.05) is 52.3 Å². The first-order valence-electron chi connectivity index (χ1n) is 12.5. The summed E-state index contributed by atoms with van der Waals surface area (Å²) in [5.74, 6) is -0.139. The van der Waals surface area contributed by atoms with E-state index in [9.17, 15) is 14.7 Å². The fraction of sp³-hybridized carbons (Fsp3) is 0.714. The number of aliphatic hydroxyl groups excluding tert-OH is 1. The molecule has 0 bridgehead atoms. The molecule has 4 aliphatic carbocycles. The Hall–Kier alpha value is -1.88. The summed E-state index contributed by atoms with van der Waals surface area (Å²) in [6, 6.07) is 0. The molecule has 0 radical (unpaired) electrons. The number of ketones is 1. The maximum atomic E-state index is 12.9. The van der Waals surface area contributed by atoms with Crippen molar-refractivity contribution in [3.8, 4) is 0 Å². The van der Waals surface area contributed by atoms with Gasteiger partial charge in [0.1, 0.15) is 6.10 Å². The summed E-state index contributed by atoms with van der Waals surface area (Å²) in [5, 5.41) is 11.9. The van der Waals surface area contributed by atoms with Crippen molar-refractivity contribution in [2.75, 3.05) is 6.61 Å². The van der Waals surface area contributed by atoms with Crippen LogP contribution in [0.1, 0.15) is 67.2 Å². The third-order valence-electron chi connectivity index (χ3n) is 10.4. The summed E-state index contributed by atoms with van der Waals surface area (Å²) < 4.78 is 11.6. The van der Waals surface area contributed by atoms with Crippen LogP contribution in [0.25, 0.3) is 0 Å². The first-order chi connectivity index (χ1) is 15.4. The summed E-state index contributed by atoms with van der Waals surface area (Å²) in [4.78, 5) is 25.2. The van der Waals surface area contributed by atoms with Gasteiger partial charge in [-0.3, -0.25) is 9.59 Å². The van der Waals surface area contributed by atoms with E-state index in [1.54, 1.807) is 6.08 Å². The van der Waals surface area contributed by atoms with Gasteiger partial charge in [0.15, 0.2) is 5.78 Å². The molecule has 2 saturated carbocycles. The third-order valence-corrected chi connectivity index (χ3v) is 10.4. The molecule has 180 valence electrons. The zero-order valence-corrected chi connectivity index (χ0v) is 20.8. The normalized spacial score (nSPS) is 47.6. The lowest BCUT2D eigenvalue weighted by molar-refractivity contribution is -0.228. The number of hydrogen-bond acceptors (Lipinski definition) is 5. The second-order valence-electron chi connectivity index (χ2n) is 12.3. The Balaban J connectivity index is 1.67. The first kappa shape index (κ1) is 22.9. The van der Waals surface area contributed by atoms with Gasteiger partial charge in [-0.25, -0.2) is 0 Å². The maximum Gasteiger partial charge on any atom is 0.303 e. The SMILES string of the molecule is CC(=O)OC1C(O)C2C(C)(C)C(=O)C=CC2(C)C2CCC3(C)C(=CCC3C3=COCC3)C12C. The van der Waals surface area contributed by atoms with Crippen LogP contribution in [0.5, 0.6) is 0 Å². The summed E-state index contributed by atoms with van der Waals surface area (Å²) in [6.07, 6.45) is 10.4. The predicted octanol–water partition coefficient (Wildman–Crippen LogP) is 4.75. The lowest BCUT2D eigenvalue weighted by Crippen LogP contribution is -2.70. The fourth-order valence-corrected chi connectivity index (χ4v) is 9.05. The Morgan fingerprint density at radius 3 is 2.58 bits per heavy atom. The van der Waals surface area contributed by atoms with Crippen LogP contribution >= 0.6 is 0 Å². The highest BCUT2D eigenvalue weighted by Gasteiger charge is 2.71. The van der Waals surface area contributed by atoms with Gasteiger partial charge in [-0.2, -0.15) is 0 Å². The second kappa shape index (κ2) is 7.07. The lowest BCUT2D eigenvalue weighted by atomic mass is 9.37. The molecule has 0 aromatic heterocycles. The Bertz CT molecular complexity index is 988.